The van der Waals surface area contributed by atoms with Crippen molar-refractivity contribution >= 4 is 5.91 Å². The van der Waals surface area contributed by atoms with Crippen molar-refractivity contribution in [2.45, 2.75) is 45.1 Å². The topological polar surface area (TPSA) is 47.7 Å². The molecule has 6 heteroatoms. The number of rotatable bonds is 7. The summed E-state index contributed by atoms with van der Waals surface area (Å²) in [6, 6.07) is 6.14. The number of ether oxygens (including phenoxy) is 2. The maximum Gasteiger partial charge on any atom is 0.225 e. The molecule has 0 radical (unpaired) electrons. The van der Waals surface area contributed by atoms with Crippen LogP contribution in [0.25, 0.3) is 0 Å². The second-order valence-corrected chi connectivity index (χ2v) is 9.38. The lowest BCUT2D eigenvalue weighted by molar-refractivity contribution is -1.00. The summed E-state index contributed by atoms with van der Waals surface area (Å²) in [6.45, 7) is 8.93. The fourth-order valence-corrected chi connectivity index (χ4v) is 5.08. The Morgan fingerprint density at radius 1 is 1.03 bits per heavy atom. The zero-order valence-corrected chi connectivity index (χ0v) is 18.6. The highest BCUT2D eigenvalue weighted by Gasteiger charge is 2.27. The van der Waals surface area contributed by atoms with E-state index in [9.17, 15) is 4.79 Å². The summed E-state index contributed by atoms with van der Waals surface area (Å²) in [5.41, 5.74) is 1.14. The van der Waals surface area contributed by atoms with Crippen LogP contribution in [-0.2, 0) is 11.3 Å². The van der Waals surface area contributed by atoms with Gasteiger partial charge in [-0.05, 0) is 30.5 Å². The maximum atomic E-state index is 13.4. The average molecular weight is 418 g/mol. The molecule has 0 atom stereocenters. The van der Waals surface area contributed by atoms with E-state index in [-0.39, 0.29) is 5.92 Å². The Morgan fingerprint density at radius 3 is 2.53 bits per heavy atom. The molecule has 166 valence electrons. The van der Waals surface area contributed by atoms with Crippen molar-refractivity contribution in [2.24, 2.45) is 5.92 Å². The number of hydrogen-bond acceptors (Lipinski definition) is 3. The van der Waals surface area contributed by atoms with Crippen LogP contribution in [-0.4, -0.2) is 70.3 Å². The van der Waals surface area contributed by atoms with Crippen molar-refractivity contribution in [1.82, 2.24) is 4.90 Å². The molecule has 6 nitrogen and oxygen atoms in total. The van der Waals surface area contributed by atoms with Crippen LogP contribution in [0, 0.1) is 5.92 Å². The normalized spacial score (nSPS) is 24.4. The number of benzene rings is 1. The van der Waals surface area contributed by atoms with Crippen molar-refractivity contribution in [1.29, 1.82) is 0 Å². The first kappa shape index (κ1) is 21.4. The predicted molar refractivity (Wildman–Crippen MR) is 116 cm³/mol. The van der Waals surface area contributed by atoms with Crippen molar-refractivity contribution in [3.8, 4) is 11.5 Å². The minimum absolute atomic E-state index is 0.218. The van der Waals surface area contributed by atoms with Crippen LogP contribution in [0.15, 0.2) is 18.2 Å². The molecule has 2 heterocycles. The molecular formula is C24H39N3O3+2. The smallest absolute Gasteiger partial charge is 0.225 e. The SMILES string of the molecule is C[NH+]1CC[NH+](CCCN(Cc2ccc3c(c2)OCCO3)C(=O)C2CCCCC2)CC1. The van der Waals surface area contributed by atoms with Crippen molar-refractivity contribution in [3.63, 3.8) is 0 Å². The van der Waals surface area contributed by atoms with Crippen LogP contribution in [0.2, 0.25) is 0 Å². The molecule has 2 fully saturated rings. The Bertz CT molecular complexity index is 697. The number of piperazine rings is 1. The van der Waals surface area contributed by atoms with Gasteiger partial charge in [-0.2, -0.15) is 0 Å². The van der Waals surface area contributed by atoms with Crippen LogP contribution in [0.4, 0.5) is 0 Å². The van der Waals surface area contributed by atoms with Gasteiger partial charge in [-0.25, -0.2) is 0 Å². The molecule has 2 N–H and O–H groups in total. The Morgan fingerprint density at radius 2 is 1.77 bits per heavy atom. The maximum absolute atomic E-state index is 13.4. The van der Waals surface area contributed by atoms with Gasteiger partial charge in [0.15, 0.2) is 11.5 Å². The molecule has 30 heavy (non-hydrogen) atoms. The zero-order valence-electron chi connectivity index (χ0n) is 18.6. The summed E-state index contributed by atoms with van der Waals surface area (Å²) in [6.07, 6.45) is 6.87. The average Bonchev–Trinajstić information content (AvgIpc) is 2.80. The molecule has 3 aliphatic rings. The van der Waals surface area contributed by atoms with E-state index in [4.69, 9.17) is 9.47 Å². The first-order valence-corrected chi connectivity index (χ1v) is 12.0. The minimum Gasteiger partial charge on any atom is -0.486 e. The molecule has 0 aromatic heterocycles. The van der Waals surface area contributed by atoms with Crippen molar-refractivity contribution < 1.29 is 24.1 Å². The number of hydrogen-bond donors (Lipinski definition) is 2. The number of fused-ring (bicyclic) bond motifs is 1. The molecule has 1 aromatic carbocycles. The van der Waals surface area contributed by atoms with Crippen LogP contribution in [0.5, 0.6) is 11.5 Å². The minimum atomic E-state index is 0.218. The Hall–Kier alpha value is -1.79. The number of quaternary nitrogens is 2. The number of nitrogens with zero attached hydrogens (tertiary/aromatic N) is 1. The van der Waals surface area contributed by atoms with E-state index in [2.05, 4.69) is 24.1 Å². The summed E-state index contributed by atoms with van der Waals surface area (Å²) < 4.78 is 11.4. The van der Waals surface area contributed by atoms with E-state index in [1.54, 1.807) is 9.80 Å². The second-order valence-electron chi connectivity index (χ2n) is 9.38. The van der Waals surface area contributed by atoms with Gasteiger partial charge in [0, 0.05) is 25.4 Å². The molecule has 1 aliphatic carbocycles. The Labute approximate surface area is 181 Å². The predicted octanol–water partition coefficient (Wildman–Crippen LogP) is 0.170. The van der Waals surface area contributed by atoms with E-state index >= 15 is 0 Å². The third-order valence-corrected chi connectivity index (χ3v) is 7.02. The summed E-state index contributed by atoms with van der Waals surface area (Å²) in [5.74, 6) is 2.21. The van der Waals surface area contributed by atoms with Gasteiger partial charge in [0.05, 0.1) is 13.6 Å². The summed E-state index contributed by atoms with van der Waals surface area (Å²) in [4.78, 5) is 18.8. The molecule has 1 amide bonds. The highest BCUT2D eigenvalue weighted by atomic mass is 16.6. The fraction of sp³-hybridized carbons (Fsp3) is 0.708. The number of carbonyl (C=O) groups excluding carboxylic acids is 1. The van der Waals surface area contributed by atoms with Gasteiger partial charge in [0.25, 0.3) is 0 Å². The van der Waals surface area contributed by atoms with Crippen molar-refractivity contribution in [3.05, 3.63) is 23.8 Å². The van der Waals surface area contributed by atoms with Gasteiger partial charge in [-0.1, -0.05) is 25.3 Å². The van der Waals surface area contributed by atoms with Gasteiger partial charge in [-0.3, -0.25) is 4.79 Å². The fourth-order valence-electron chi connectivity index (χ4n) is 5.08. The number of amides is 1. The molecule has 1 saturated carbocycles. The third-order valence-electron chi connectivity index (χ3n) is 7.02. The lowest BCUT2D eigenvalue weighted by atomic mass is 9.88. The lowest BCUT2D eigenvalue weighted by Crippen LogP contribution is -3.27. The standard InChI is InChI=1S/C24H37N3O3/c1-25-12-14-26(15-13-25)10-5-11-27(24(28)21-6-3-2-4-7-21)19-20-8-9-22-23(18-20)30-17-16-29-22/h8-9,18,21H,2-7,10-17,19H2,1H3/p+2. The molecule has 2 aliphatic heterocycles. The monoisotopic (exact) mass is 417 g/mol. The van der Waals surface area contributed by atoms with Crippen LogP contribution in [0.3, 0.4) is 0 Å². The molecular weight excluding hydrogens is 378 g/mol. The van der Waals surface area contributed by atoms with Gasteiger partial charge in [-0.15, -0.1) is 0 Å². The van der Waals surface area contributed by atoms with Crippen molar-refractivity contribution in [2.75, 3.05) is 59.5 Å². The summed E-state index contributed by atoms with van der Waals surface area (Å²) in [7, 11) is 2.29. The highest BCUT2D eigenvalue weighted by Crippen LogP contribution is 2.32. The van der Waals surface area contributed by atoms with Gasteiger partial charge < -0.3 is 24.2 Å². The van der Waals surface area contributed by atoms with Gasteiger partial charge in [0.2, 0.25) is 5.91 Å². The zero-order chi connectivity index (χ0) is 20.8. The van der Waals surface area contributed by atoms with Gasteiger partial charge >= 0.3 is 0 Å². The van der Waals surface area contributed by atoms with E-state index in [0.717, 1.165) is 42.9 Å². The largest absolute Gasteiger partial charge is 0.486 e. The van der Waals surface area contributed by atoms with Crippen LogP contribution >= 0.6 is 0 Å². The summed E-state index contributed by atoms with van der Waals surface area (Å²) in [5, 5.41) is 0. The second kappa shape index (κ2) is 10.5. The van der Waals surface area contributed by atoms with Gasteiger partial charge in [0.1, 0.15) is 39.4 Å². The lowest BCUT2D eigenvalue weighted by Gasteiger charge is -2.31. The molecule has 0 spiro atoms. The van der Waals surface area contributed by atoms with Crippen LogP contribution < -0.4 is 19.3 Å². The molecule has 0 bridgehead atoms. The molecule has 0 unspecified atom stereocenters. The van der Waals surface area contributed by atoms with Crippen LogP contribution in [0.1, 0.15) is 44.1 Å². The first-order chi connectivity index (χ1) is 14.7. The number of carbonyl (C=O) groups is 1. The first-order valence-electron chi connectivity index (χ1n) is 12.0. The van der Waals surface area contributed by atoms with E-state index in [1.165, 1.54) is 52.0 Å². The quantitative estimate of drug-likeness (QED) is 0.665. The molecule has 4 rings (SSSR count). The van der Waals surface area contributed by atoms with E-state index in [1.807, 2.05) is 6.07 Å². The highest BCUT2D eigenvalue weighted by molar-refractivity contribution is 5.79. The van der Waals surface area contributed by atoms with E-state index < -0.39 is 0 Å². The number of likely N-dealkylation sites (N-methyl/N-ethyl adjacent to an activating group) is 1. The Balaban J connectivity index is 1.38. The number of nitrogens with one attached hydrogen (secondary N) is 2. The molecule has 1 aromatic rings. The third kappa shape index (κ3) is 5.67. The summed E-state index contributed by atoms with van der Waals surface area (Å²) >= 11 is 0. The van der Waals surface area contributed by atoms with E-state index in [0.29, 0.717) is 25.7 Å². The Kier molecular flexibility index (Phi) is 7.50. The molecule has 1 saturated heterocycles.